The number of rotatable bonds is 9. The maximum atomic E-state index is 11.8. The lowest BCUT2D eigenvalue weighted by atomic mass is 10.2. The van der Waals surface area contributed by atoms with Crippen molar-refractivity contribution in [1.82, 2.24) is 14.7 Å². The van der Waals surface area contributed by atoms with Gasteiger partial charge in [-0.2, -0.15) is 0 Å². The number of nitrogens with zero attached hydrogens (tertiary/aromatic N) is 1. The Bertz CT molecular complexity index is 569. The number of ether oxygens (including phenoxy) is 1. The molecule has 0 aliphatic rings. The largest absolute Gasteiger partial charge is 0.480 e. The average molecular weight is 319 g/mol. The summed E-state index contributed by atoms with van der Waals surface area (Å²) in [6.45, 7) is 1.76. The third kappa shape index (κ3) is 6.36. The molecule has 0 radical (unpaired) electrons. The second-order valence-electron chi connectivity index (χ2n) is 4.16. The Balaban J connectivity index is 2.60. The highest BCUT2D eigenvalue weighted by Crippen LogP contribution is 2.02. The third-order valence-corrected chi connectivity index (χ3v) is 3.86. The molecule has 0 fully saturated rings. The van der Waals surface area contributed by atoms with Crippen molar-refractivity contribution in [2.24, 2.45) is 0 Å². The van der Waals surface area contributed by atoms with Crippen LogP contribution >= 0.6 is 0 Å². The van der Waals surface area contributed by atoms with Crippen LogP contribution in [0, 0.1) is 0 Å². The molecule has 0 bridgehead atoms. The Labute approximate surface area is 121 Å². The summed E-state index contributed by atoms with van der Waals surface area (Å²) in [5.41, 5.74) is 0.482. The van der Waals surface area contributed by atoms with Crippen molar-refractivity contribution in [1.29, 1.82) is 0 Å². The van der Waals surface area contributed by atoms with Crippen molar-refractivity contribution in [2.75, 3.05) is 12.4 Å². The van der Waals surface area contributed by atoms with Crippen LogP contribution < -0.4 is 4.72 Å². The summed E-state index contributed by atoms with van der Waals surface area (Å²) in [7, 11) is -3.91. The second kappa shape index (κ2) is 7.74. The minimum atomic E-state index is -3.91. The molecule has 1 rings (SSSR count). The Morgan fingerprint density at radius 3 is 2.76 bits per heavy atom. The summed E-state index contributed by atoms with van der Waals surface area (Å²) in [5.74, 6) is -2.49. The van der Waals surface area contributed by atoms with E-state index in [-0.39, 0.29) is 19.4 Å². The smallest absolute Gasteiger partial charge is 0.322 e. The minimum Gasteiger partial charge on any atom is -0.480 e. The zero-order valence-corrected chi connectivity index (χ0v) is 12.2. The maximum absolute atomic E-state index is 11.8. The van der Waals surface area contributed by atoms with E-state index in [4.69, 9.17) is 5.11 Å². The highest BCUT2D eigenvalue weighted by molar-refractivity contribution is 7.89. The number of hydrogen-bond acceptors (Lipinski definition) is 6. The number of aliphatic carboxylic acids is 1. The van der Waals surface area contributed by atoms with Crippen LogP contribution in [0.1, 0.15) is 19.0 Å². The first-order valence-corrected chi connectivity index (χ1v) is 7.85. The van der Waals surface area contributed by atoms with Gasteiger partial charge in [-0.1, -0.05) is 0 Å². The number of hydrogen-bond donors (Lipinski definition) is 3. The van der Waals surface area contributed by atoms with Crippen LogP contribution in [0.5, 0.6) is 0 Å². The summed E-state index contributed by atoms with van der Waals surface area (Å²) < 4.78 is 30.2. The first-order valence-electron chi connectivity index (χ1n) is 6.19. The number of H-pyrrole nitrogens is 1. The van der Waals surface area contributed by atoms with E-state index in [9.17, 15) is 18.0 Å². The second-order valence-corrected chi connectivity index (χ2v) is 6.04. The lowest BCUT2D eigenvalue weighted by molar-refractivity contribution is -0.142. The number of aromatic nitrogens is 2. The van der Waals surface area contributed by atoms with Gasteiger partial charge in [0.25, 0.3) is 0 Å². The molecule has 0 aromatic carbocycles. The van der Waals surface area contributed by atoms with E-state index in [0.29, 0.717) is 5.69 Å². The van der Waals surface area contributed by atoms with E-state index < -0.39 is 33.8 Å². The molecule has 0 aliphatic carbocycles. The molecule has 0 saturated heterocycles. The van der Waals surface area contributed by atoms with Crippen LogP contribution in [-0.4, -0.2) is 53.8 Å². The van der Waals surface area contributed by atoms with Gasteiger partial charge in [0.1, 0.15) is 6.04 Å². The fraction of sp³-hybridized carbons (Fsp3) is 0.545. The van der Waals surface area contributed by atoms with E-state index in [0.717, 1.165) is 0 Å². The monoisotopic (exact) mass is 319 g/mol. The molecular weight excluding hydrogens is 302 g/mol. The highest BCUT2D eigenvalue weighted by Gasteiger charge is 2.25. The van der Waals surface area contributed by atoms with Crippen LogP contribution in [0.4, 0.5) is 0 Å². The zero-order valence-electron chi connectivity index (χ0n) is 11.4. The molecule has 10 heteroatoms. The van der Waals surface area contributed by atoms with Crippen LogP contribution in [0.15, 0.2) is 12.5 Å². The van der Waals surface area contributed by atoms with Crippen molar-refractivity contribution >= 4 is 22.0 Å². The highest BCUT2D eigenvalue weighted by atomic mass is 32.2. The number of imidazole rings is 1. The van der Waals surface area contributed by atoms with E-state index in [1.54, 1.807) is 6.92 Å². The van der Waals surface area contributed by atoms with Gasteiger partial charge < -0.3 is 14.8 Å². The van der Waals surface area contributed by atoms with Crippen LogP contribution in [0.3, 0.4) is 0 Å². The molecule has 1 atom stereocenters. The SMILES string of the molecule is CCOC(=O)CCS(=O)(=O)NC(Cc1cnc[nH]1)C(=O)O. The lowest BCUT2D eigenvalue weighted by Crippen LogP contribution is -2.43. The fourth-order valence-corrected chi connectivity index (χ4v) is 2.69. The Kier molecular flexibility index (Phi) is 6.31. The Hall–Kier alpha value is -1.94. The van der Waals surface area contributed by atoms with Crippen molar-refractivity contribution < 1.29 is 27.9 Å². The van der Waals surface area contributed by atoms with Gasteiger partial charge in [0.05, 0.1) is 25.1 Å². The quantitative estimate of drug-likeness (QED) is 0.510. The molecule has 21 heavy (non-hydrogen) atoms. The van der Waals surface area contributed by atoms with Gasteiger partial charge in [0, 0.05) is 18.3 Å². The number of carbonyl (C=O) groups excluding carboxylic acids is 1. The number of aromatic amines is 1. The molecule has 9 nitrogen and oxygen atoms in total. The molecule has 118 valence electrons. The summed E-state index contributed by atoms with van der Waals surface area (Å²) in [5, 5.41) is 9.04. The van der Waals surface area contributed by atoms with Gasteiger partial charge in [-0.05, 0) is 6.92 Å². The topological polar surface area (TPSA) is 138 Å². The first-order chi connectivity index (χ1) is 9.84. The van der Waals surface area contributed by atoms with Crippen molar-refractivity contribution in [3.05, 3.63) is 18.2 Å². The summed E-state index contributed by atoms with van der Waals surface area (Å²) in [6.07, 6.45) is 2.36. The standard InChI is InChI=1S/C11H17N3O6S/c1-2-20-10(15)3-4-21(18,19)14-9(11(16)17)5-8-6-12-7-13-8/h6-7,9,14H,2-5H2,1H3,(H,12,13)(H,16,17). The molecule has 1 unspecified atom stereocenters. The molecule has 0 amide bonds. The van der Waals surface area contributed by atoms with Gasteiger partial charge >= 0.3 is 11.9 Å². The number of esters is 1. The van der Waals surface area contributed by atoms with Gasteiger partial charge in [-0.15, -0.1) is 0 Å². The molecule has 0 spiro atoms. The average Bonchev–Trinajstić information content (AvgIpc) is 2.89. The number of carboxylic acids is 1. The summed E-state index contributed by atoms with van der Waals surface area (Å²) in [4.78, 5) is 28.6. The molecule has 0 aliphatic heterocycles. The predicted molar refractivity (Wildman–Crippen MR) is 71.9 cm³/mol. The normalized spacial score (nSPS) is 12.8. The van der Waals surface area contributed by atoms with Crippen molar-refractivity contribution in [3.8, 4) is 0 Å². The van der Waals surface area contributed by atoms with E-state index in [1.165, 1.54) is 12.5 Å². The zero-order chi connectivity index (χ0) is 15.9. The number of carboxylic acid groups (broad SMARTS) is 1. The Morgan fingerprint density at radius 1 is 1.52 bits per heavy atom. The number of carbonyl (C=O) groups is 2. The first kappa shape index (κ1) is 17.1. The molecule has 3 N–H and O–H groups in total. The lowest BCUT2D eigenvalue weighted by Gasteiger charge is -2.13. The number of sulfonamides is 1. The van der Waals surface area contributed by atoms with Crippen molar-refractivity contribution in [3.63, 3.8) is 0 Å². The van der Waals surface area contributed by atoms with Gasteiger partial charge in [-0.25, -0.2) is 18.1 Å². The van der Waals surface area contributed by atoms with Crippen LogP contribution in [-0.2, 0) is 30.8 Å². The predicted octanol–water partition coefficient (Wildman–Crippen LogP) is -0.722. The van der Waals surface area contributed by atoms with Gasteiger partial charge in [0.15, 0.2) is 0 Å². The van der Waals surface area contributed by atoms with Crippen molar-refractivity contribution in [2.45, 2.75) is 25.8 Å². The summed E-state index contributed by atoms with van der Waals surface area (Å²) in [6, 6.07) is -1.34. The fourth-order valence-electron chi connectivity index (χ4n) is 1.52. The third-order valence-electron chi connectivity index (χ3n) is 2.48. The number of nitrogens with one attached hydrogen (secondary N) is 2. The molecule has 1 aromatic rings. The summed E-state index contributed by atoms with van der Waals surface area (Å²) >= 11 is 0. The van der Waals surface area contributed by atoms with Gasteiger partial charge in [0.2, 0.25) is 10.0 Å². The van der Waals surface area contributed by atoms with Crippen LogP contribution in [0.25, 0.3) is 0 Å². The Morgan fingerprint density at radius 2 is 2.24 bits per heavy atom. The molecular formula is C11H17N3O6S. The molecule has 1 heterocycles. The van der Waals surface area contributed by atoms with E-state index >= 15 is 0 Å². The van der Waals surface area contributed by atoms with Crippen LogP contribution in [0.2, 0.25) is 0 Å². The molecule has 1 aromatic heterocycles. The van der Waals surface area contributed by atoms with E-state index in [1.807, 2.05) is 4.72 Å². The van der Waals surface area contributed by atoms with E-state index in [2.05, 4.69) is 14.7 Å². The maximum Gasteiger partial charge on any atom is 0.322 e. The van der Waals surface area contributed by atoms with Gasteiger partial charge in [-0.3, -0.25) is 9.59 Å². The molecule has 0 saturated carbocycles. The minimum absolute atomic E-state index is 0.0754.